The van der Waals surface area contributed by atoms with Gasteiger partial charge in [0, 0.05) is 11.9 Å². The molecule has 1 N–H and O–H groups in total. The highest BCUT2D eigenvalue weighted by Crippen LogP contribution is 2.21. The number of benzene rings is 1. The van der Waals surface area contributed by atoms with Crippen LogP contribution in [0.3, 0.4) is 0 Å². The zero-order valence-corrected chi connectivity index (χ0v) is 15.5. The van der Waals surface area contributed by atoms with Crippen molar-refractivity contribution in [2.45, 2.75) is 19.4 Å². The molecule has 0 radical (unpaired) electrons. The summed E-state index contributed by atoms with van der Waals surface area (Å²) < 4.78 is 0.969. The van der Waals surface area contributed by atoms with E-state index in [4.69, 9.17) is 0 Å². The number of likely N-dealkylation sites (N-methyl/N-ethyl adjacent to an activating group) is 1. The van der Waals surface area contributed by atoms with E-state index in [2.05, 4.69) is 57.3 Å². The zero-order chi connectivity index (χ0) is 16.1. The van der Waals surface area contributed by atoms with Gasteiger partial charge in [0.1, 0.15) is 0 Å². The number of hydrogen-bond donors (Lipinski definition) is 1. The third-order valence-corrected chi connectivity index (χ3v) is 5.19. The van der Waals surface area contributed by atoms with Crippen LogP contribution in [0.1, 0.15) is 34.5 Å². The summed E-state index contributed by atoms with van der Waals surface area (Å²) in [6.45, 7) is 2.74. The summed E-state index contributed by atoms with van der Waals surface area (Å²) in [6, 6.07) is 10.6. The van der Waals surface area contributed by atoms with E-state index in [0.717, 1.165) is 10.2 Å². The molecule has 1 aromatic heterocycles. The Kier molecular flexibility index (Phi) is 6.17. The van der Waals surface area contributed by atoms with Gasteiger partial charge in [0.05, 0.1) is 15.4 Å². The Hall–Kier alpha value is -1.17. The average Bonchev–Trinajstić information content (AvgIpc) is 2.94. The molecule has 0 bridgehead atoms. The highest BCUT2D eigenvalue weighted by molar-refractivity contribution is 9.11. The van der Waals surface area contributed by atoms with Gasteiger partial charge in [-0.15, -0.1) is 11.3 Å². The van der Waals surface area contributed by atoms with Crippen LogP contribution >= 0.6 is 27.3 Å². The standard InChI is InChI=1S/C17H21BrN2OS/c1-4-12-5-7-13(8-6-12)15(20(2)3)10-19-17(21)14-9-16(18)22-11-14/h5-9,11,15H,4,10H2,1-3H3,(H,19,21). The highest BCUT2D eigenvalue weighted by atomic mass is 79.9. The molecule has 1 unspecified atom stereocenters. The lowest BCUT2D eigenvalue weighted by Gasteiger charge is -2.25. The monoisotopic (exact) mass is 380 g/mol. The average molecular weight is 381 g/mol. The minimum atomic E-state index is -0.0287. The fraction of sp³-hybridized carbons (Fsp3) is 0.353. The molecule has 0 saturated heterocycles. The minimum absolute atomic E-state index is 0.0287. The third kappa shape index (κ3) is 4.41. The normalized spacial score (nSPS) is 12.4. The summed E-state index contributed by atoms with van der Waals surface area (Å²) in [6.07, 6.45) is 1.04. The summed E-state index contributed by atoms with van der Waals surface area (Å²) >= 11 is 4.90. The molecule has 1 aromatic carbocycles. The lowest BCUT2D eigenvalue weighted by Crippen LogP contribution is -2.34. The van der Waals surface area contributed by atoms with E-state index >= 15 is 0 Å². The second kappa shape index (κ2) is 7.90. The van der Waals surface area contributed by atoms with Gasteiger partial charge in [-0.25, -0.2) is 0 Å². The van der Waals surface area contributed by atoms with Gasteiger partial charge in [0.2, 0.25) is 0 Å². The SMILES string of the molecule is CCc1ccc(C(CNC(=O)c2csc(Br)c2)N(C)C)cc1. The first-order chi connectivity index (χ1) is 10.5. The Balaban J connectivity index is 2.03. The largest absolute Gasteiger partial charge is 0.350 e. The number of aryl methyl sites for hydroxylation is 1. The van der Waals surface area contributed by atoms with Crippen molar-refractivity contribution in [3.8, 4) is 0 Å². The molecule has 0 spiro atoms. The van der Waals surface area contributed by atoms with Gasteiger partial charge in [-0.3, -0.25) is 4.79 Å². The van der Waals surface area contributed by atoms with Gasteiger partial charge in [-0.2, -0.15) is 0 Å². The number of nitrogens with one attached hydrogen (secondary N) is 1. The topological polar surface area (TPSA) is 32.3 Å². The number of halogens is 1. The first-order valence-electron chi connectivity index (χ1n) is 7.28. The molecular formula is C17H21BrN2OS. The van der Waals surface area contributed by atoms with Crippen molar-refractivity contribution in [3.63, 3.8) is 0 Å². The molecule has 2 rings (SSSR count). The van der Waals surface area contributed by atoms with Crippen molar-refractivity contribution in [3.05, 3.63) is 56.2 Å². The van der Waals surface area contributed by atoms with Crippen molar-refractivity contribution >= 4 is 33.2 Å². The maximum absolute atomic E-state index is 12.2. The smallest absolute Gasteiger partial charge is 0.252 e. The second-order valence-corrected chi connectivity index (χ2v) is 7.71. The zero-order valence-electron chi connectivity index (χ0n) is 13.1. The third-order valence-electron chi connectivity index (χ3n) is 3.68. The van der Waals surface area contributed by atoms with Crippen molar-refractivity contribution < 1.29 is 4.79 Å². The Morgan fingerprint density at radius 2 is 2.00 bits per heavy atom. The molecule has 0 saturated carbocycles. The summed E-state index contributed by atoms with van der Waals surface area (Å²) in [5.41, 5.74) is 3.25. The van der Waals surface area contributed by atoms with Crippen LogP contribution in [-0.4, -0.2) is 31.4 Å². The molecule has 0 aliphatic rings. The van der Waals surface area contributed by atoms with Crippen LogP contribution in [0.15, 0.2) is 39.5 Å². The van der Waals surface area contributed by atoms with Crippen molar-refractivity contribution in [1.82, 2.24) is 10.2 Å². The minimum Gasteiger partial charge on any atom is -0.350 e. The number of thiophene rings is 1. The van der Waals surface area contributed by atoms with Crippen molar-refractivity contribution in [2.24, 2.45) is 0 Å². The number of nitrogens with zero attached hydrogens (tertiary/aromatic N) is 1. The van der Waals surface area contributed by atoms with Crippen LogP contribution in [0.5, 0.6) is 0 Å². The Morgan fingerprint density at radius 3 is 2.50 bits per heavy atom. The molecular weight excluding hydrogens is 360 g/mol. The van der Waals surface area contributed by atoms with Crippen LogP contribution in [0.25, 0.3) is 0 Å². The highest BCUT2D eigenvalue weighted by Gasteiger charge is 2.16. The van der Waals surface area contributed by atoms with Gasteiger partial charge in [-0.05, 0) is 53.6 Å². The van der Waals surface area contributed by atoms with E-state index in [-0.39, 0.29) is 11.9 Å². The van der Waals surface area contributed by atoms with Crippen molar-refractivity contribution in [2.75, 3.05) is 20.6 Å². The van der Waals surface area contributed by atoms with E-state index in [1.165, 1.54) is 22.5 Å². The first kappa shape index (κ1) is 17.2. The number of carbonyl (C=O) groups excluding carboxylic acids is 1. The van der Waals surface area contributed by atoms with Gasteiger partial charge < -0.3 is 10.2 Å². The molecule has 3 nitrogen and oxygen atoms in total. The number of hydrogen-bond acceptors (Lipinski definition) is 3. The molecule has 22 heavy (non-hydrogen) atoms. The van der Waals surface area contributed by atoms with Crippen LogP contribution in [0.2, 0.25) is 0 Å². The molecule has 1 heterocycles. The fourth-order valence-corrected chi connectivity index (χ4v) is 3.43. The van der Waals surface area contributed by atoms with Gasteiger partial charge in [-0.1, -0.05) is 31.2 Å². The van der Waals surface area contributed by atoms with E-state index in [1.54, 1.807) is 0 Å². The second-order valence-electron chi connectivity index (χ2n) is 5.42. The van der Waals surface area contributed by atoms with Gasteiger partial charge >= 0.3 is 0 Å². The van der Waals surface area contributed by atoms with Crippen LogP contribution in [-0.2, 0) is 6.42 Å². The van der Waals surface area contributed by atoms with Crippen molar-refractivity contribution in [1.29, 1.82) is 0 Å². The summed E-state index contributed by atoms with van der Waals surface area (Å²) in [5, 5.41) is 4.89. The Labute approximate surface area is 144 Å². The molecule has 2 aromatic rings. The fourth-order valence-electron chi connectivity index (χ4n) is 2.29. The molecule has 0 aliphatic heterocycles. The molecule has 0 fully saturated rings. The van der Waals surface area contributed by atoms with Gasteiger partial charge in [0.25, 0.3) is 5.91 Å². The molecule has 118 valence electrons. The van der Waals surface area contributed by atoms with Crippen LogP contribution in [0, 0.1) is 0 Å². The predicted octanol–water partition coefficient (Wildman–Crippen LogP) is 4.11. The predicted molar refractivity (Wildman–Crippen MR) is 96.6 cm³/mol. The first-order valence-corrected chi connectivity index (χ1v) is 8.96. The van der Waals surface area contributed by atoms with Gasteiger partial charge in [0.15, 0.2) is 0 Å². The lowest BCUT2D eigenvalue weighted by molar-refractivity contribution is 0.0942. The molecule has 0 aliphatic carbocycles. The Bertz CT molecular complexity index is 622. The number of amides is 1. The van der Waals surface area contributed by atoms with Crippen LogP contribution < -0.4 is 5.32 Å². The molecule has 1 atom stereocenters. The maximum atomic E-state index is 12.2. The van der Waals surface area contributed by atoms with E-state index in [1.807, 2.05) is 25.5 Å². The lowest BCUT2D eigenvalue weighted by atomic mass is 10.0. The Morgan fingerprint density at radius 1 is 1.32 bits per heavy atom. The van der Waals surface area contributed by atoms with E-state index < -0.39 is 0 Å². The summed E-state index contributed by atoms with van der Waals surface area (Å²) in [7, 11) is 4.07. The van der Waals surface area contributed by atoms with Crippen LogP contribution in [0.4, 0.5) is 0 Å². The molecule has 5 heteroatoms. The number of rotatable bonds is 6. The summed E-state index contributed by atoms with van der Waals surface area (Å²) in [5.74, 6) is -0.0287. The quantitative estimate of drug-likeness (QED) is 0.817. The van der Waals surface area contributed by atoms with E-state index in [0.29, 0.717) is 12.1 Å². The van der Waals surface area contributed by atoms with E-state index in [9.17, 15) is 4.79 Å². The molecule has 1 amide bonds. The summed E-state index contributed by atoms with van der Waals surface area (Å²) in [4.78, 5) is 14.3. The maximum Gasteiger partial charge on any atom is 0.252 e. The number of carbonyl (C=O) groups is 1.